The maximum Gasteiger partial charge on any atom is 0.156 e. The summed E-state index contributed by atoms with van der Waals surface area (Å²) in [6.07, 6.45) is 4.32. The van der Waals surface area contributed by atoms with Gasteiger partial charge in [-0.3, -0.25) is 4.79 Å². The molecule has 0 heterocycles. The Kier molecular flexibility index (Phi) is 3.11. The van der Waals surface area contributed by atoms with Crippen LogP contribution in [-0.2, 0) is 11.2 Å². The zero-order chi connectivity index (χ0) is 13.3. The number of fused-ring (bicyclic) bond motifs is 1. The van der Waals surface area contributed by atoms with Crippen molar-refractivity contribution >= 4 is 16.6 Å². The van der Waals surface area contributed by atoms with Crippen LogP contribution in [0, 0.1) is 0 Å². The Hall–Kier alpha value is -1.67. The number of nitrogens with two attached hydrogens (primary N) is 1. The van der Waals surface area contributed by atoms with Gasteiger partial charge in [-0.2, -0.15) is 0 Å². The molecule has 0 saturated heterocycles. The van der Waals surface area contributed by atoms with Crippen molar-refractivity contribution in [2.45, 2.75) is 37.6 Å². The summed E-state index contributed by atoms with van der Waals surface area (Å²) in [5.41, 5.74) is 6.72. The van der Waals surface area contributed by atoms with Gasteiger partial charge in [-0.25, -0.2) is 0 Å². The van der Waals surface area contributed by atoms with Gasteiger partial charge in [0.25, 0.3) is 0 Å². The molecule has 0 unspecified atom stereocenters. The predicted octanol–water partition coefficient (Wildman–Crippen LogP) is 3.22. The SMILES string of the molecule is NC1(C(=O)Cc2ccc3ccccc3c2)CCCC1. The van der Waals surface area contributed by atoms with Gasteiger partial charge in [-0.15, -0.1) is 0 Å². The van der Waals surface area contributed by atoms with Crippen molar-refractivity contribution in [1.29, 1.82) is 0 Å². The van der Waals surface area contributed by atoms with E-state index in [1.54, 1.807) is 0 Å². The quantitative estimate of drug-likeness (QED) is 0.912. The van der Waals surface area contributed by atoms with E-state index >= 15 is 0 Å². The van der Waals surface area contributed by atoms with E-state index in [1.807, 2.05) is 18.2 Å². The molecule has 19 heavy (non-hydrogen) atoms. The Morgan fingerprint density at radius 1 is 1.05 bits per heavy atom. The van der Waals surface area contributed by atoms with Crippen LogP contribution in [0.3, 0.4) is 0 Å². The van der Waals surface area contributed by atoms with E-state index in [9.17, 15) is 4.79 Å². The summed E-state index contributed by atoms with van der Waals surface area (Å²) in [4.78, 5) is 12.3. The van der Waals surface area contributed by atoms with Crippen LogP contribution < -0.4 is 5.73 Å². The van der Waals surface area contributed by atoms with E-state index in [4.69, 9.17) is 5.73 Å². The summed E-state index contributed by atoms with van der Waals surface area (Å²) in [7, 11) is 0. The van der Waals surface area contributed by atoms with Crippen LogP contribution in [0.4, 0.5) is 0 Å². The lowest BCUT2D eigenvalue weighted by Crippen LogP contribution is -2.46. The Labute approximate surface area is 113 Å². The second-order valence-electron chi connectivity index (χ2n) is 5.64. The summed E-state index contributed by atoms with van der Waals surface area (Å²) in [5.74, 6) is 0.195. The second kappa shape index (κ2) is 4.78. The molecule has 1 saturated carbocycles. The standard InChI is InChI=1S/C17H19NO/c18-17(9-3-4-10-17)16(19)12-13-7-8-14-5-1-2-6-15(14)11-13/h1-2,5-8,11H,3-4,9-10,12,18H2. The number of rotatable bonds is 3. The predicted molar refractivity (Wildman–Crippen MR) is 78.0 cm³/mol. The molecule has 1 fully saturated rings. The van der Waals surface area contributed by atoms with Crippen molar-refractivity contribution in [2.24, 2.45) is 5.73 Å². The van der Waals surface area contributed by atoms with E-state index in [1.165, 1.54) is 10.8 Å². The number of Topliss-reactive ketones (excluding diaryl/α,β-unsaturated/α-hetero) is 1. The van der Waals surface area contributed by atoms with E-state index in [2.05, 4.69) is 24.3 Å². The van der Waals surface area contributed by atoms with Gasteiger partial charge in [-0.05, 0) is 29.2 Å². The first kappa shape index (κ1) is 12.4. The van der Waals surface area contributed by atoms with E-state index in [0.29, 0.717) is 6.42 Å². The van der Waals surface area contributed by atoms with E-state index in [0.717, 1.165) is 31.2 Å². The Bertz CT molecular complexity index is 611. The molecule has 2 nitrogen and oxygen atoms in total. The maximum atomic E-state index is 12.3. The van der Waals surface area contributed by atoms with Crippen LogP contribution in [0.1, 0.15) is 31.2 Å². The molecule has 2 aromatic rings. The molecule has 2 N–H and O–H groups in total. The topological polar surface area (TPSA) is 43.1 Å². The van der Waals surface area contributed by atoms with Gasteiger partial charge in [0, 0.05) is 6.42 Å². The van der Waals surface area contributed by atoms with Gasteiger partial charge in [-0.1, -0.05) is 55.3 Å². The molecular weight excluding hydrogens is 234 g/mol. The number of hydrogen-bond acceptors (Lipinski definition) is 2. The highest BCUT2D eigenvalue weighted by Gasteiger charge is 2.36. The van der Waals surface area contributed by atoms with Crippen molar-refractivity contribution < 1.29 is 4.79 Å². The summed E-state index contributed by atoms with van der Waals surface area (Å²) >= 11 is 0. The van der Waals surface area contributed by atoms with Gasteiger partial charge < -0.3 is 5.73 Å². The summed E-state index contributed by atoms with van der Waals surface area (Å²) in [6.45, 7) is 0. The van der Waals surface area contributed by atoms with Crippen molar-refractivity contribution in [3.05, 3.63) is 48.0 Å². The number of benzene rings is 2. The molecule has 0 spiro atoms. The van der Waals surface area contributed by atoms with E-state index < -0.39 is 5.54 Å². The summed E-state index contributed by atoms with van der Waals surface area (Å²) in [5, 5.41) is 2.40. The Morgan fingerprint density at radius 2 is 1.74 bits per heavy atom. The first-order chi connectivity index (χ1) is 9.17. The van der Waals surface area contributed by atoms with Crippen LogP contribution >= 0.6 is 0 Å². The van der Waals surface area contributed by atoms with Gasteiger partial charge in [0.05, 0.1) is 5.54 Å². The third-order valence-corrected chi connectivity index (χ3v) is 4.23. The molecule has 2 heteroatoms. The molecule has 0 amide bonds. The first-order valence-corrected chi connectivity index (χ1v) is 6.97. The molecule has 0 bridgehead atoms. The van der Waals surface area contributed by atoms with Crippen molar-refractivity contribution in [3.63, 3.8) is 0 Å². The fourth-order valence-electron chi connectivity index (χ4n) is 2.99. The number of carbonyl (C=O) groups is 1. The Balaban J connectivity index is 1.83. The van der Waals surface area contributed by atoms with E-state index in [-0.39, 0.29) is 5.78 Å². The number of hydrogen-bond donors (Lipinski definition) is 1. The normalized spacial score (nSPS) is 17.7. The molecule has 2 aromatic carbocycles. The molecule has 1 aliphatic carbocycles. The zero-order valence-electron chi connectivity index (χ0n) is 11.1. The highest BCUT2D eigenvalue weighted by molar-refractivity contribution is 5.91. The summed E-state index contributed by atoms with van der Waals surface area (Å²) < 4.78 is 0. The smallest absolute Gasteiger partial charge is 0.156 e. The van der Waals surface area contributed by atoms with Gasteiger partial charge in [0.2, 0.25) is 0 Å². The van der Waals surface area contributed by atoms with Crippen LogP contribution in [0.2, 0.25) is 0 Å². The van der Waals surface area contributed by atoms with Crippen LogP contribution in [0.5, 0.6) is 0 Å². The maximum absolute atomic E-state index is 12.3. The molecule has 1 aliphatic rings. The van der Waals surface area contributed by atoms with Crippen LogP contribution in [-0.4, -0.2) is 11.3 Å². The minimum absolute atomic E-state index is 0.195. The Morgan fingerprint density at radius 3 is 2.47 bits per heavy atom. The molecule has 3 rings (SSSR count). The second-order valence-corrected chi connectivity index (χ2v) is 5.64. The van der Waals surface area contributed by atoms with Crippen LogP contribution in [0.15, 0.2) is 42.5 Å². The average molecular weight is 253 g/mol. The minimum Gasteiger partial charge on any atom is -0.319 e. The molecule has 0 atom stereocenters. The van der Waals surface area contributed by atoms with Crippen molar-refractivity contribution in [1.82, 2.24) is 0 Å². The number of ketones is 1. The molecule has 0 radical (unpaired) electrons. The lowest BCUT2D eigenvalue weighted by atomic mass is 9.89. The average Bonchev–Trinajstić information content (AvgIpc) is 2.87. The largest absolute Gasteiger partial charge is 0.319 e. The van der Waals surface area contributed by atoms with Crippen LogP contribution in [0.25, 0.3) is 10.8 Å². The molecular formula is C17H19NO. The molecule has 0 aromatic heterocycles. The lowest BCUT2D eigenvalue weighted by Gasteiger charge is -2.21. The highest BCUT2D eigenvalue weighted by Crippen LogP contribution is 2.29. The highest BCUT2D eigenvalue weighted by atomic mass is 16.1. The third kappa shape index (κ3) is 2.41. The van der Waals surface area contributed by atoms with Crippen molar-refractivity contribution in [3.8, 4) is 0 Å². The molecule has 98 valence electrons. The lowest BCUT2D eigenvalue weighted by molar-refractivity contribution is -0.123. The minimum atomic E-state index is -0.564. The number of carbonyl (C=O) groups excluding carboxylic acids is 1. The first-order valence-electron chi connectivity index (χ1n) is 6.97. The third-order valence-electron chi connectivity index (χ3n) is 4.23. The van der Waals surface area contributed by atoms with Gasteiger partial charge in [0.15, 0.2) is 5.78 Å². The van der Waals surface area contributed by atoms with Crippen molar-refractivity contribution in [2.75, 3.05) is 0 Å². The monoisotopic (exact) mass is 253 g/mol. The van der Waals surface area contributed by atoms with Gasteiger partial charge >= 0.3 is 0 Å². The van der Waals surface area contributed by atoms with Gasteiger partial charge in [0.1, 0.15) is 0 Å². The zero-order valence-corrected chi connectivity index (χ0v) is 11.1. The molecule has 0 aliphatic heterocycles. The fourth-order valence-corrected chi connectivity index (χ4v) is 2.99. The fraction of sp³-hybridized carbons (Fsp3) is 0.353. The summed E-state index contributed by atoms with van der Waals surface area (Å²) in [6, 6.07) is 14.4.